The van der Waals surface area contributed by atoms with E-state index in [1.807, 2.05) is 0 Å². The molecule has 5 heteroatoms. The maximum Gasteiger partial charge on any atom is 0.124 e. The van der Waals surface area contributed by atoms with Crippen LogP contribution in [-0.4, -0.2) is 26.2 Å². The number of ether oxygens (including phenoxy) is 1. The van der Waals surface area contributed by atoms with Crippen molar-refractivity contribution in [2.45, 2.75) is 18.3 Å². The summed E-state index contributed by atoms with van der Waals surface area (Å²) in [4.78, 5) is 0. The zero-order valence-corrected chi connectivity index (χ0v) is 9.36. The molecule has 1 aromatic carbocycles. The van der Waals surface area contributed by atoms with Crippen LogP contribution in [0.25, 0.3) is 0 Å². The lowest BCUT2D eigenvalue weighted by molar-refractivity contribution is 0.170. The van der Waals surface area contributed by atoms with E-state index in [1.165, 1.54) is 14.0 Å². The molecule has 1 unspecified atom stereocenters. The minimum Gasteiger partial charge on any atom is -0.772 e. The van der Waals surface area contributed by atoms with E-state index in [4.69, 9.17) is 4.74 Å². The van der Waals surface area contributed by atoms with Gasteiger partial charge in [0, 0.05) is 10.8 Å². The van der Waals surface area contributed by atoms with Crippen molar-refractivity contribution in [3.05, 3.63) is 29.8 Å². The fraction of sp³-hybridized carbons (Fsp3) is 0.400. The number of aliphatic hydroxyl groups is 1. The largest absolute Gasteiger partial charge is 0.772 e. The summed E-state index contributed by atoms with van der Waals surface area (Å²) >= 11 is -2.31. The van der Waals surface area contributed by atoms with Crippen LogP contribution >= 0.6 is 0 Å². The lowest BCUT2D eigenvalue weighted by Gasteiger charge is -2.22. The predicted octanol–water partition coefficient (Wildman–Crippen LogP) is 0.996. The van der Waals surface area contributed by atoms with Crippen LogP contribution in [0.3, 0.4) is 0 Å². The molecule has 1 rings (SSSR count). The Bertz CT molecular complexity index is 353. The normalized spacial score (nSPS) is 16.8. The maximum absolute atomic E-state index is 10.7. The average molecular weight is 229 g/mol. The Morgan fingerprint density at radius 3 is 2.60 bits per heavy atom. The van der Waals surface area contributed by atoms with E-state index in [2.05, 4.69) is 0 Å². The quantitative estimate of drug-likeness (QED) is 0.782. The molecule has 0 spiro atoms. The van der Waals surface area contributed by atoms with Crippen molar-refractivity contribution in [1.29, 1.82) is 0 Å². The molecule has 0 aliphatic rings. The van der Waals surface area contributed by atoms with Crippen LogP contribution < -0.4 is 4.74 Å². The Labute approximate surface area is 91.2 Å². The van der Waals surface area contributed by atoms with Gasteiger partial charge in [0.05, 0.1) is 13.2 Å². The number of hydrogen-bond acceptors (Lipinski definition) is 4. The summed E-state index contributed by atoms with van der Waals surface area (Å²) in [5.74, 6) is 0.488. The number of methoxy groups -OCH3 is 1. The van der Waals surface area contributed by atoms with Crippen LogP contribution in [0.1, 0.15) is 18.6 Å². The van der Waals surface area contributed by atoms with Gasteiger partial charge in [-0.2, -0.15) is 0 Å². The number of para-hydroxylation sites is 1. The number of rotatable bonds is 4. The van der Waals surface area contributed by atoms with Crippen molar-refractivity contribution in [2.24, 2.45) is 0 Å². The second-order valence-electron chi connectivity index (χ2n) is 3.15. The first-order valence-corrected chi connectivity index (χ1v) is 5.60. The lowest BCUT2D eigenvalue weighted by atomic mass is 10.1. The molecule has 0 radical (unpaired) electrons. The van der Waals surface area contributed by atoms with Gasteiger partial charge in [-0.25, -0.2) is 0 Å². The molecule has 0 heterocycles. The highest BCUT2D eigenvalue weighted by Gasteiger charge is 2.20. The number of benzene rings is 1. The van der Waals surface area contributed by atoms with Crippen LogP contribution in [0.15, 0.2) is 24.3 Å². The smallest absolute Gasteiger partial charge is 0.124 e. The first-order chi connectivity index (χ1) is 7.07. The molecule has 0 aliphatic carbocycles. The molecule has 0 aliphatic heterocycles. The summed E-state index contributed by atoms with van der Waals surface area (Å²) < 4.78 is 26.5. The van der Waals surface area contributed by atoms with Crippen LogP contribution in [0.5, 0.6) is 5.75 Å². The van der Waals surface area contributed by atoms with Crippen LogP contribution in [-0.2, 0) is 11.1 Å². The highest BCUT2D eigenvalue weighted by Crippen LogP contribution is 2.28. The third-order valence-corrected chi connectivity index (χ3v) is 3.07. The van der Waals surface area contributed by atoms with Crippen molar-refractivity contribution in [3.8, 4) is 5.75 Å². The Morgan fingerprint density at radius 2 is 2.07 bits per heavy atom. The van der Waals surface area contributed by atoms with Gasteiger partial charge in [-0.15, -0.1) is 0 Å². The molecule has 1 N–H and O–H groups in total. The molecule has 0 saturated carbocycles. The average Bonchev–Trinajstić information content (AvgIpc) is 2.26. The second-order valence-corrected chi connectivity index (χ2v) is 4.42. The van der Waals surface area contributed by atoms with E-state index in [9.17, 15) is 13.9 Å². The molecule has 84 valence electrons. The van der Waals surface area contributed by atoms with Crippen LogP contribution in [0.2, 0.25) is 0 Å². The Morgan fingerprint density at radius 1 is 1.47 bits per heavy atom. The van der Waals surface area contributed by atoms with Gasteiger partial charge in [0.25, 0.3) is 0 Å². The van der Waals surface area contributed by atoms with E-state index < -0.39 is 22.4 Å². The molecule has 0 amide bonds. The molecular weight excluding hydrogens is 216 g/mol. The monoisotopic (exact) mass is 229 g/mol. The SMILES string of the molecule is COc1ccccc1[C@H](O)[C@@H](C)S(=O)[O-]. The Balaban J connectivity index is 2.99. The summed E-state index contributed by atoms with van der Waals surface area (Å²) in [5, 5.41) is 8.94. The van der Waals surface area contributed by atoms with E-state index in [-0.39, 0.29) is 0 Å². The van der Waals surface area contributed by atoms with E-state index in [0.29, 0.717) is 11.3 Å². The third kappa shape index (κ3) is 2.77. The topological polar surface area (TPSA) is 69.6 Å². The molecule has 3 atom stereocenters. The van der Waals surface area contributed by atoms with Crippen LogP contribution in [0, 0.1) is 0 Å². The molecule has 15 heavy (non-hydrogen) atoms. The third-order valence-electron chi connectivity index (χ3n) is 2.21. The summed E-state index contributed by atoms with van der Waals surface area (Å²) in [7, 11) is 1.48. The fourth-order valence-corrected chi connectivity index (χ4v) is 1.63. The molecule has 0 fully saturated rings. The van der Waals surface area contributed by atoms with Gasteiger partial charge in [-0.1, -0.05) is 18.2 Å². The minimum atomic E-state index is -2.31. The summed E-state index contributed by atoms with van der Waals surface area (Å²) in [6.07, 6.45) is -1.07. The van der Waals surface area contributed by atoms with E-state index >= 15 is 0 Å². The summed E-state index contributed by atoms with van der Waals surface area (Å²) in [6, 6.07) is 6.81. The standard InChI is InChI=1S/C10H14O4S/c1-7(15(12)13)10(11)8-5-3-4-6-9(8)14-2/h3-7,10-11H,1-2H3,(H,12,13)/p-1/t7-,10-/m1/s1. The van der Waals surface area contributed by atoms with Crippen molar-refractivity contribution < 1.29 is 18.6 Å². The number of aliphatic hydroxyl groups excluding tert-OH is 1. The van der Waals surface area contributed by atoms with Crippen molar-refractivity contribution in [3.63, 3.8) is 0 Å². The number of hydrogen-bond donors (Lipinski definition) is 1. The van der Waals surface area contributed by atoms with Gasteiger partial charge in [0.2, 0.25) is 0 Å². The second kappa shape index (κ2) is 5.25. The maximum atomic E-state index is 10.7. The van der Waals surface area contributed by atoms with Gasteiger partial charge in [0.15, 0.2) is 0 Å². The summed E-state index contributed by atoms with van der Waals surface area (Å²) in [6.45, 7) is 1.44. The van der Waals surface area contributed by atoms with E-state index in [0.717, 1.165) is 0 Å². The van der Waals surface area contributed by atoms with Crippen molar-refractivity contribution in [2.75, 3.05) is 7.11 Å². The first kappa shape index (κ1) is 12.2. The van der Waals surface area contributed by atoms with E-state index in [1.54, 1.807) is 24.3 Å². The Hall–Kier alpha value is -0.910. The zero-order chi connectivity index (χ0) is 11.4. The molecular formula is C10H13O4S-. The lowest BCUT2D eigenvalue weighted by Crippen LogP contribution is -2.20. The van der Waals surface area contributed by atoms with Crippen LogP contribution in [0.4, 0.5) is 0 Å². The Kier molecular flexibility index (Phi) is 4.26. The van der Waals surface area contributed by atoms with Gasteiger partial charge in [-0.3, -0.25) is 4.21 Å². The molecule has 4 nitrogen and oxygen atoms in total. The van der Waals surface area contributed by atoms with Gasteiger partial charge in [-0.05, 0) is 24.1 Å². The highest BCUT2D eigenvalue weighted by atomic mass is 32.2. The highest BCUT2D eigenvalue weighted by molar-refractivity contribution is 7.79. The molecule has 0 saturated heterocycles. The summed E-state index contributed by atoms with van der Waals surface area (Å²) in [5.41, 5.74) is 0.483. The fourth-order valence-electron chi connectivity index (χ4n) is 1.27. The molecule has 1 aromatic rings. The predicted molar refractivity (Wildman–Crippen MR) is 56.3 cm³/mol. The minimum absolute atomic E-state index is 0.483. The van der Waals surface area contributed by atoms with Gasteiger partial charge < -0.3 is 14.4 Å². The molecule has 0 bridgehead atoms. The van der Waals surface area contributed by atoms with Gasteiger partial charge >= 0.3 is 0 Å². The van der Waals surface area contributed by atoms with Crippen molar-refractivity contribution in [1.82, 2.24) is 0 Å². The zero-order valence-electron chi connectivity index (χ0n) is 8.54. The van der Waals surface area contributed by atoms with Crippen molar-refractivity contribution >= 4 is 11.1 Å². The first-order valence-electron chi connectivity index (χ1n) is 4.47. The van der Waals surface area contributed by atoms with Gasteiger partial charge in [0.1, 0.15) is 5.75 Å². The molecule has 0 aromatic heterocycles.